The van der Waals surface area contributed by atoms with Crippen molar-refractivity contribution in [3.05, 3.63) is 12.0 Å². The predicted molar refractivity (Wildman–Crippen MR) is 73.4 cm³/mol. The number of piperidine rings is 1. The maximum absolute atomic E-state index is 13.3. The summed E-state index contributed by atoms with van der Waals surface area (Å²) in [5.74, 6) is -4.35. The van der Waals surface area contributed by atoms with Crippen molar-refractivity contribution in [2.45, 2.75) is 25.7 Å². The Hall–Kier alpha value is -1.77. The Bertz CT molecular complexity index is 670. The molecule has 1 saturated heterocycles. The number of nitrogens with zero attached hydrogens (tertiary/aromatic N) is 4. The van der Waals surface area contributed by atoms with Gasteiger partial charge in [-0.25, -0.2) is 23.1 Å². The van der Waals surface area contributed by atoms with E-state index in [0.29, 0.717) is 35.9 Å². The number of halogens is 2. The molecule has 0 amide bonds. The molecule has 21 heavy (non-hydrogen) atoms. The highest BCUT2D eigenvalue weighted by Crippen LogP contribution is 2.35. The third kappa shape index (κ3) is 2.57. The number of aromatic carboxylic acids is 1. The summed E-state index contributed by atoms with van der Waals surface area (Å²) in [7, 11) is 0. The van der Waals surface area contributed by atoms with E-state index in [2.05, 4.69) is 10.1 Å². The molecule has 1 aliphatic rings. The Morgan fingerprint density at radius 2 is 2.14 bits per heavy atom. The molecule has 0 aliphatic carbocycles. The molecule has 3 heterocycles. The van der Waals surface area contributed by atoms with Crippen LogP contribution in [0.15, 0.2) is 6.33 Å². The smallest absolute Gasteiger partial charge is 0.357 e. The van der Waals surface area contributed by atoms with Crippen molar-refractivity contribution in [1.82, 2.24) is 14.6 Å². The molecule has 0 unspecified atom stereocenters. The second-order valence-corrected chi connectivity index (χ2v) is 6.21. The van der Waals surface area contributed by atoms with E-state index >= 15 is 0 Å². The fourth-order valence-corrected chi connectivity index (χ4v) is 3.58. The van der Waals surface area contributed by atoms with Crippen molar-refractivity contribution >= 4 is 27.3 Å². The maximum Gasteiger partial charge on any atom is 0.357 e. The molecule has 0 radical (unpaired) electrons. The minimum Gasteiger partial charge on any atom is -0.476 e. The minimum atomic E-state index is -2.65. The van der Waals surface area contributed by atoms with E-state index in [1.54, 1.807) is 0 Å². The standard InChI is InChI=1S/C12H14F2N4O2S/c1-12(13,14)7-2-4-17(5-3-7)11-16-18-6-15-8(10(19)20)9(18)21-11/h6-7H,2-5H2,1H3,(H,19,20). The molecule has 6 nitrogen and oxygen atoms in total. The Balaban J connectivity index is 1.78. The van der Waals surface area contributed by atoms with Crippen LogP contribution in [0.3, 0.4) is 0 Å². The molecule has 114 valence electrons. The fraction of sp³-hybridized carbons (Fsp3) is 0.583. The third-order valence-corrected chi connectivity index (χ3v) is 4.87. The largest absolute Gasteiger partial charge is 0.476 e. The van der Waals surface area contributed by atoms with Gasteiger partial charge >= 0.3 is 5.97 Å². The molecular formula is C12H14F2N4O2S. The molecule has 1 fully saturated rings. The normalized spacial score (nSPS) is 17.6. The molecule has 3 rings (SSSR count). The van der Waals surface area contributed by atoms with E-state index in [4.69, 9.17) is 5.11 Å². The SMILES string of the molecule is CC(F)(F)C1CCN(c2nn3cnc(C(=O)O)c3s2)CC1. The average Bonchev–Trinajstić information content (AvgIpc) is 2.96. The summed E-state index contributed by atoms with van der Waals surface area (Å²) in [5, 5.41) is 13.9. The highest BCUT2D eigenvalue weighted by molar-refractivity contribution is 7.21. The number of aromatic nitrogens is 3. The van der Waals surface area contributed by atoms with Gasteiger partial charge in [-0.05, 0) is 19.8 Å². The molecule has 0 spiro atoms. The summed E-state index contributed by atoms with van der Waals surface area (Å²) >= 11 is 1.22. The van der Waals surface area contributed by atoms with Crippen LogP contribution in [0.4, 0.5) is 13.9 Å². The Kier molecular flexibility index (Phi) is 3.31. The summed E-state index contributed by atoms with van der Waals surface area (Å²) in [4.78, 5) is 17.2. The van der Waals surface area contributed by atoms with Gasteiger partial charge in [0.25, 0.3) is 0 Å². The van der Waals surface area contributed by atoms with Crippen molar-refractivity contribution in [3.63, 3.8) is 0 Å². The van der Waals surface area contributed by atoms with Gasteiger partial charge in [-0.2, -0.15) is 0 Å². The number of carboxylic acids is 1. The zero-order chi connectivity index (χ0) is 15.2. The van der Waals surface area contributed by atoms with Crippen LogP contribution in [0, 0.1) is 5.92 Å². The summed E-state index contributed by atoms with van der Waals surface area (Å²) in [5.41, 5.74) is -0.0336. The van der Waals surface area contributed by atoms with E-state index in [1.807, 2.05) is 4.90 Å². The second-order valence-electron chi connectivity index (χ2n) is 5.25. The van der Waals surface area contributed by atoms with Crippen molar-refractivity contribution in [2.24, 2.45) is 5.92 Å². The van der Waals surface area contributed by atoms with Gasteiger partial charge in [0.15, 0.2) is 10.5 Å². The number of carboxylic acid groups (broad SMARTS) is 1. The molecule has 0 bridgehead atoms. The first-order chi connectivity index (χ1) is 9.86. The van der Waals surface area contributed by atoms with Gasteiger partial charge in [-0.15, -0.1) is 5.10 Å². The van der Waals surface area contributed by atoms with E-state index in [1.165, 1.54) is 22.2 Å². The summed E-state index contributed by atoms with van der Waals surface area (Å²) < 4.78 is 28.0. The monoisotopic (exact) mass is 316 g/mol. The van der Waals surface area contributed by atoms with Crippen molar-refractivity contribution in [1.29, 1.82) is 0 Å². The summed E-state index contributed by atoms with van der Waals surface area (Å²) in [6, 6.07) is 0. The molecule has 0 atom stereocenters. The van der Waals surface area contributed by atoms with Crippen LogP contribution >= 0.6 is 11.3 Å². The van der Waals surface area contributed by atoms with E-state index in [0.717, 1.165) is 6.92 Å². The summed E-state index contributed by atoms with van der Waals surface area (Å²) in [6.07, 6.45) is 2.16. The van der Waals surface area contributed by atoms with Crippen LogP contribution in [0.5, 0.6) is 0 Å². The number of fused-ring (bicyclic) bond motifs is 1. The highest BCUT2D eigenvalue weighted by atomic mass is 32.1. The van der Waals surface area contributed by atoms with Crippen LogP contribution in [0.25, 0.3) is 4.83 Å². The van der Waals surface area contributed by atoms with Gasteiger partial charge in [0.1, 0.15) is 6.33 Å². The lowest BCUT2D eigenvalue weighted by molar-refractivity contribution is -0.0481. The average molecular weight is 316 g/mol. The zero-order valence-corrected chi connectivity index (χ0v) is 12.1. The Morgan fingerprint density at radius 3 is 2.71 bits per heavy atom. The quantitative estimate of drug-likeness (QED) is 0.941. The molecule has 0 saturated carbocycles. The fourth-order valence-electron chi connectivity index (χ4n) is 2.55. The van der Waals surface area contributed by atoms with E-state index in [-0.39, 0.29) is 5.69 Å². The first kappa shape index (κ1) is 14.2. The maximum atomic E-state index is 13.3. The van der Waals surface area contributed by atoms with Crippen LogP contribution in [-0.4, -0.2) is 44.7 Å². The number of imidazole rings is 1. The first-order valence-electron chi connectivity index (χ1n) is 6.56. The topological polar surface area (TPSA) is 70.7 Å². The number of rotatable bonds is 3. The Morgan fingerprint density at radius 1 is 1.48 bits per heavy atom. The van der Waals surface area contributed by atoms with Gasteiger partial charge in [-0.3, -0.25) is 0 Å². The number of alkyl halides is 2. The van der Waals surface area contributed by atoms with Crippen molar-refractivity contribution in [3.8, 4) is 0 Å². The molecular weight excluding hydrogens is 302 g/mol. The van der Waals surface area contributed by atoms with E-state index in [9.17, 15) is 13.6 Å². The second kappa shape index (κ2) is 4.90. The number of carbonyl (C=O) groups is 1. The Labute approximate surface area is 123 Å². The number of hydrogen-bond donors (Lipinski definition) is 1. The van der Waals surface area contributed by atoms with Crippen LogP contribution in [-0.2, 0) is 0 Å². The molecule has 2 aromatic rings. The predicted octanol–water partition coefficient (Wildman–Crippen LogP) is 2.36. The number of hydrogen-bond acceptors (Lipinski definition) is 5. The first-order valence-corrected chi connectivity index (χ1v) is 7.38. The van der Waals surface area contributed by atoms with Crippen molar-refractivity contribution in [2.75, 3.05) is 18.0 Å². The van der Waals surface area contributed by atoms with Gasteiger partial charge in [-0.1, -0.05) is 11.3 Å². The minimum absolute atomic E-state index is 0.0336. The van der Waals surface area contributed by atoms with Gasteiger partial charge < -0.3 is 10.0 Å². The van der Waals surface area contributed by atoms with Gasteiger partial charge in [0.05, 0.1) is 0 Å². The highest BCUT2D eigenvalue weighted by Gasteiger charge is 2.37. The third-order valence-electron chi connectivity index (χ3n) is 3.77. The van der Waals surface area contributed by atoms with Crippen molar-refractivity contribution < 1.29 is 18.7 Å². The van der Waals surface area contributed by atoms with Crippen LogP contribution in [0.2, 0.25) is 0 Å². The zero-order valence-electron chi connectivity index (χ0n) is 11.3. The van der Waals surface area contributed by atoms with Gasteiger partial charge in [0.2, 0.25) is 11.1 Å². The molecule has 9 heteroatoms. The van der Waals surface area contributed by atoms with Crippen LogP contribution in [0.1, 0.15) is 30.3 Å². The number of anilines is 1. The van der Waals surface area contributed by atoms with Crippen LogP contribution < -0.4 is 4.90 Å². The molecule has 2 aromatic heterocycles. The van der Waals surface area contributed by atoms with E-state index < -0.39 is 17.8 Å². The molecule has 1 N–H and O–H groups in total. The summed E-state index contributed by atoms with van der Waals surface area (Å²) in [6.45, 7) is 1.97. The lowest BCUT2D eigenvalue weighted by Crippen LogP contribution is -2.39. The molecule has 1 aliphatic heterocycles. The molecule has 0 aromatic carbocycles. The lowest BCUT2D eigenvalue weighted by Gasteiger charge is -2.34. The lowest BCUT2D eigenvalue weighted by atomic mass is 9.92. The van der Waals surface area contributed by atoms with Gasteiger partial charge in [0, 0.05) is 19.0 Å².